The maximum Gasteiger partial charge on any atom is 0.159 e. The zero-order chi connectivity index (χ0) is 11.4. The van der Waals surface area contributed by atoms with E-state index in [1.165, 1.54) is 12.8 Å². The summed E-state index contributed by atoms with van der Waals surface area (Å²) in [5, 5.41) is 6.80. The summed E-state index contributed by atoms with van der Waals surface area (Å²) in [6.45, 7) is 3.65. The Morgan fingerprint density at radius 3 is 3.12 bits per heavy atom. The molecular formula is C13H18N2O. The van der Waals surface area contributed by atoms with Crippen molar-refractivity contribution < 1.29 is 4.79 Å². The first-order chi connectivity index (χ1) is 7.75. The van der Waals surface area contributed by atoms with E-state index in [1.54, 1.807) is 6.92 Å². The lowest BCUT2D eigenvalue weighted by atomic mass is 10.1. The molecule has 0 aliphatic carbocycles. The number of rotatable bonds is 4. The predicted molar refractivity (Wildman–Crippen MR) is 66.0 cm³/mol. The molecule has 3 nitrogen and oxygen atoms in total. The molecule has 1 heterocycles. The Kier molecular flexibility index (Phi) is 3.57. The van der Waals surface area contributed by atoms with E-state index in [4.69, 9.17) is 0 Å². The molecule has 2 rings (SSSR count). The SMILES string of the molecule is CC(=O)c1cccc(NCC2CCCN2)c1. The summed E-state index contributed by atoms with van der Waals surface area (Å²) >= 11 is 0. The lowest BCUT2D eigenvalue weighted by molar-refractivity contribution is 0.101. The fraction of sp³-hybridized carbons (Fsp3) is 0.462. The second-order valence-electron chi connectivity index (χ2n) is 4.31. The second kappa shape index (κ2) is 5.12. The van der Waals surface area contributed by atoms with Crippen LogP contribution in [0.5, 0.6) is 0 Å². The molecule has 0 amide bonds. The van der Waals surface area contributed by atoms with Gasteiger partial charge in [-0.05, 0) is 38.4 Å². The Bertz CT molecular complexity index is 370. The van der Waals surface area contributed by atoms with Crippen molar-refractivity contribution in [1.82, 2.24) is 5.32 Å². The molecule has 1 aromatic carbocycles. The average molecular weight is 218 g/mol. The van der Waals surface area contributed by atoms with Gasteiger partial charge < -0.3 is 10.6 Å². The molecule has 0 radical (unpaired) electrons. The van der Waals surface area contributed by atoms with E-state index in [0.717, 1.165) is 24.3 Å². The molecule has 16 heavy (non-hydrogen) atoms. The highest BCUT2D eigenvalue weighted by Crippen LogP contribution is 2.12. The smallest absolute Gasteiger partial charge is 0.159 e. The minimum Gasteiger partial charge on any atom is -0.383 e. The first-order valence-electron chi connectivity index (χ1n) is 5.84. The van der Waals surface area contributed by atoms with Crippen LogP contribution in [0.3, 0.4) is 0 Å². The van der Waals surface area contributed by atoms with Crippen LogP contribution in [0.15, 0.2) is 24.3 Å². The molecule has 1 aromatic rings. The largest absolute Gasteiger partial charge is 0.383 e. The standard InChI is InChI=1S/C13H18N2O/c1-10(16)11-4-2-5-12(8-11)15-9-13-6-3-7-14-13/h2,4-5,8,13-15H,3,6-7,9H2,1H3. The summed E-state index contributed by atoms with van der Waals surface area (Å²) in [5.41, 5.74) is 1.80. The van der Waals surface area contributed by atoms with Crippen molar-refractivity contribution in [3.8, 4) is 0 Å². The molecular weight excluding hydrogens is 200 g/mol. The van der Waals surface area contributed by atoms with Crippen LogP contribution >= 0.6 is 0 Å². The minimum atomic E-state index is 0.114. The van der Waals surface area contributed by atoms with E-state index in [9.17, 15) is 4.79 Å². The van der Waals surface area contributed by atoms with Crippen molar-refractivity contribution in [2.45, 2.75) is 25.8 Å². The number of carbonyl (C=O) groups is 1. The summed E-state index contributed by atoms with van der Waals surface area (Å²) in [4.78, 5) is 11.2. The van der Waals surface area contributed by atoms with E-state index in [1.807, 2.05) is 24.3 Å². The van der Waals surface area contributed by atoms with Gasteiger partial charge in [0, 0.05) is 23.8 Å². The third-order valence-corrected chi connectivity index (χ3v) is 2.98. The number of nitrogens with one attached hydrogen (secondary N) is 2. The summed E-state index contributed by atoms with van der Waals surface area (Å²) in [6.07, 6.45) is 2.50. The molecule has 1 fully saturated rings. The van der Waals surface area contributed by atoms with Gasteiger partial charge in [0.2, 0.25) is 0 Å². The van der Waals surface area contributed by atoms with Crippen LogP contribution < -0.4 is 10.6 Å². The number of anilines is 1. The van der Waals surface area contributed by atoms with Gasteiger partial charge in [0.05, 0.1) is 0 Å². The highest BCUT2D eigenvalue weighted by Gasteiger charge is 2.13. The molecule has 2 N–H and O–H groups in total. The van der Waals surface area contributed by atoms with Crippen LogP contribution in [0.2, 0.25) is 0 Å². The van der Waals surface area contributed by atoms with Crippen molar-refractivity contribution in [2.24, 2.45) is 0 Å². The van der Waals surface area contributed by atoms with Gasteiger partial charge in [-0.15, -0.1) is 0 Å². The second-order valence-corrected chi connectivity index (χ2v) is 4.31. The number of hydrogen-bond donors (Lipinski definition) is 2. The third-order valence-electron chi connectivity index (χ3n) is 2.98. The third kappa shape index (κ3) is 2.83. The number of Topliss-reactive ketones (excluding diaryl/α,β-unsaturated/α-hetero) is 1. The first-order valence-corrected chi connectivity index (χ1v) is 5.84. The van der Waals surface area contributed by atoms with E-state index in [0.29, 0.717) is 6.04 Å². The fourth-order valence-electron chi connectivity index (χ4n) is 2.02. The summed E-state index contributed by atoms with van der Waals surface area (Å²) < 4.78 is 0. The minimum absolute atomic E-state index is 0.114. The quantitative estimate of drug-likeness (QED) is 0.760. The lowest BCUT2D eigenvalue weighted by Crippen LogP contribution is -2.29. The molecule has 0 aromatic heterocycles. The Labute approximate surface area is 96.2 Å². The van der Waals surface area contributed by atoms with Crippen molar-refractivity contribution in [2.75, 3.05) is 18.4 Å². The highest BCUT2D eigenvalue weighted by atomic mass is 16.1. The van der Waals surface area contributed by atoms with Crippen LogP contribution in [0.25, 0.3) is 0 Å². The highest BCUT2D eigenvalue weighted by molar-refractivity contribution is 5.94. The van der Waals surface area contributed by atoms with E-state index in [-0.39, 0.29) is 5.78 Å². The molecule has 0 saturated carbocycles. The molecule has 1 atom stereocenters. The summed E-state index contributed by atoms with van der Waals surface area (Å²) in [6, 6.07) is 8.25. The topological polar surface area (TPSA) is 41.1 Å². The van der Waals surface area contributed by atoms with Gasteiger partial charge in [0.1, 0.15) is 0 Å². The summed E-state index contributed by atoms with van der Waals surface area (Å²) in [7, 11) is 0. The normalized spacial score (nSPS) is 19.7. The monoisotopic (exact) mass is 218 g/mol. The van der Waals surface area contributed by atoms with Crippen LogP contribution in [-0.4, -0.2) is 24.9 Å². The molecule has 3 heteroatoms. The Hall–Kier alpha value is -1.35. The Balaban J connectivity index is 1.93. The molecule has 0 bridgehead atoms. The van der Waals surface area contributed by atoms with Gasteiger partial charge in [-0.2, -0.15) is 0 Å². The number of hydrogen-bond acceptors (Lipinski definition) is 3. The molecule has 86 valence electrons. The fourth-order valence-corrected chi connectivity index (χ4v) is 2.02. The van der Waals surface area contributed by atoms with Gasteiger partial charge in [0.25, 0.3) is 0 Å². The Morgan fingerprint density at radius 2 is 2.44 bits per heavy atom. The van der Waals surface area contributed by atoms with Crippen LogP contribution in [-0.2, 0) is 0 Å². The van der Waals surface area contributed by atoms with Gasteiger partial charge >= 0.3 is 0 Å². The summed E-state index contributed by atoms with van der Waals surface area (Å²) in [5.74, 6) is 0.114. The molecule has 1 aliphatic heterocycles. The van der Waals surface area contributed by atoms with Crippen molar-refractivity contribution in [1.29, 1.82) is 0 Å². The van der Waals surface area contributed by atoms with Crippen LogP contribution in [0, 0.1) is 0 Å². The number of ketones is 1. The van der Waals surface area contributed by atoms with E-state index >= 15 is 0 Å². The zero-order valence-corrected chi connectivity index (χ0v) is 9.62. The van der Waals surface area contributed by atoms with E-state index in [2.05, 4.69) is 10.6 Å². The lowest BCUT2D eigenvalue weighted by Gasteiger charge is -2.12. The number of benzene rings is 1. The van der Waals surface area contributed by atoms with Gasteiger partial charge in [-0.3, -0.25) is 4.79 Å². The molecule has 0 spiro atoms. The van der Waals surface area contributed by atoms with Crippen molar-refractivity contribution in [3.05, 3.63) is 29.8 Å². The van der Waals surface area contributed by atoms with Gasteiger partial charge in [-0.1, -0.05) is 12.1 Å². The predicted octanol–water partition coefficient (Wildman–Crippen LogP) is 2.05. The van der Waals surface area contributed by atoms with Crippen molar-refractivity contribution in [3.63, 3.8) is 0 Å². The number of carbonyl (C=O) groups excluding carboxylic acids is 1. The van der Waals surface area contributed by atoms with Gasteiger partial charge in [-0.25, -0.2) is 0 Å². The zero-order valence-electron chi connectivity index (χ0n) is 9.62. The Morgan fingerprint density at radius 1 is 1.56 bits per heavy atom. The average Bonchev–Trinajstić information content (AvgIpc) is 2.79. The first kappa shape index (κ1) is 11.1. The maximum absolute atomic E-state index is 11.2. The molecule has 1 aliphatic rings. The van der Waals surface area contributed by atoms with Gasteiger partial charge in [0.15, 0.2) is 5.78 Å². The molecule has 1 saturated heterocycles. The van der Waals surface area contributed by atoms with E-state index < -0.39 is 0 Å². The van der Waals surface area contributed by atoms with Crippen LogP contribution in [0.4, 0.5) is 5.69 Å². The van der Waals surface area contributed by atoms with Crippen molar-refractivity contribution >= 4 is 11.5 Å². The van der Waals surface area contributed by atoms with Crippen LogP contribution in [0.1, 0.15) is 30.1 Å². The molecule has 1 unspecified atom stereocenters. The maximum atomic E-state index is 11.2.